The average Bonchev–Trinajstić information content (AvgIpc) is 3.94. The van der Waals surface area contributed by atoms with Crippen LogP contribution in [0.3, 0.4) is 0 Å². The van der Waals surface area contributed by atoms with E-state index in [9.17, 15) is 13.2 Å². The number of benzene rings is 1. The number of aryl methyl sites for hydroxylation is 4. The minimum Gasteiger partial charge on any atom is -0.478 e. The van der Waals surface area contributed by atoms with E-state index >= 15 is 0 Å². The van der Waals surface area contributed by atoms with Crippen molar-refractivity contribution in [3.63, 3.8) is 0 Å². The largest absolute Gasteiger partial charge is 2.00 e. The van der Waals surface area contributed by atoms with Gasteiger partial charge >= 0.3 is 23.0 Å². The fourth-order valence-electron chi connectivity index (χ4n) is 8.82. The summed E-state index contributed by atoms with van der Waals surface area (Å²) in [6.07, 6.45) is 17.3. The van der Waals surface area contributed by atoms with E-state index in [-0.39, 0.29) is 51.3 Å². The van der Waals surface area contributed by atoms with Gasteiger partial charge in [0.25, 0.3) is 0 Å². The van der Waals surface area contributed by atoms with Gasteiger partial charge in [0.15, 0.2) is 0 Å². The zero-order chi connectivity index (χ0) is 37.7. The van der Waals surface area contributed by atoms with Crippen molar-refractivity contribution < 1.29 is 36.8 Å². The van der Waals surface area contributed by atoms with Crippen LogP contribution in [-0.2, 0) is 52.8 Å². The molecule has 0 spiro atoms. The van der Waals surface area contributed by atoms with Crippen molar-refractivity contribution in [2.75, 3.05) is 6.54 Å². The Labute approximate surface area is 353 Å². The van der Waals surface area contributed by atoms with E-state index in [1.54, 1.807) is 6.92 Å². The zero-order valence-electron chi connectivity index (χ0n) is 31.9. The van der Waals surface area contributed by atoms with Gasteiger partial charge in [-0.15, -0.1) is 0 Å². The van der Waals surface area contributed by atoms with Gasteiger partial charge in [-0.2, -0.15) is 0 Å². The number of fused-ring (bicyclic) bond motifs is 18. The van der Waals surface area contributed by atoms with Gasteiger partial charge in [-0.05, 0) is 159 Å². The molecule has 0 unspecified atom stereocenters. The van der Waals surface area contributed by atoms with Crippen LogP contribution < -0.4 is 14.7 Å². The van der Waals surface area contributed by atoms with Crippen molar-refractivity contribution in [1.29, 1.82) is 0 Å². The van der Waals surface area contributed by atoms with Crippen LogP contribution in [0.2, 0.25) is 0 Å². The molecule has 58 heavy (non-hydrogen) atoms. The molecular formula is C42H49BCuN9O4S. The Kier molecular flexibility index (Phi) is 13.2. The maximum Gasteiger partial charge on any atom is 2.00 e. The van der Waals surface area contributed by atoms with Crippen LogP contribution in [0.25, 0.3) is 44.9 Å². The topological polar surface area (TPSA) is 189 Å². The van der Waals surface area contributed by atoms with Gasteiger partial charge in [-0.25, -0.2) is 27.9 Å². The number of carbonyl (C=O) groups is 1. The normalized spacial score (nSPS) is 16.8. The molecule has 6 aliphatic rings. The minimum absolute atomic E-state index is 0. The first-order valence-corrected chi connectivity index (χ1v) is 21.2. The van der Waals surface area contributed by atoms with Crippen LogP contribution >= 0.6 is 0 Å². The summed E-state index contributed by atoms with van der Waals surface area (Å²) in [6.45, 7) is 1.84. The van der Waals surface area contributed by atoms with Crippen molar-refractivity contribution in [2.24, 2.45) is 0 Å². The van der Waals surface area contributed by atoms with Gasteiger partial charge < -0.3 is 35.0 Å². The van der Waals surface area contributed by atoms with E-state index in [0.717, 1.165) is 149 Å². The van der Waals surface area contributed by atoms with Gasteiger partial charge in [0.1, 0.15) is 0 Å². The fourth-order valence-corrected chi connectivity index (χ4v) is 10.1. The van der Waals surface area contributed by atoms with Crippen molar-refractivity contribution >= 4 is 69.3 Å². The number of carboxylic acid groups (broad SMARTS) is 1. The van der Waals surface area contributed by atoms with Crippen LogP contribution in [0, 0.1) is 0 Å². The Balaban J connectivity index is 0.000000301. The summed E-state index contributed by atoms with van der Waals surface area (Å²) < 4.78 is 25.4. The van der Waals surface area contributed by atoms with Crippen LogP contribution in [0.4, 0.5) is 0 Å². The summed E-state index contributed by atoms with van der Waals surface area (Å²) in [6, 6.07) is 5.49. The number of allylic oxidation sites excluding steroid dienone is 4. The van der Waals surface area contributed by atoms with Crippen LogP contribution in [0.15, 0.2) is 29.2 Å². The molecule has 2 N–H and O–H groups in total. The van der Waals surface area contributed by atoms with E-state index in [1.165, 1.54) is 68.8 Å². The van der Waals surface area contributed by atoms with Crippen LogP contribution in [0.5, 0.6) is 0 Å². The number of rotatable bonds is 4. The summed E-state index contributed by atoms with van der Waals surface area (Å²) in [7, 11) is -3.72. The average molecular weight is 851 g/mol. The molecule has 0 atom stereocenters. The number of carboxylic acids is 1. The Bertz CT molecular complexity index is 2350. The van der Waals surface area contributed by atoms with Crippen molar-refractivity contribution in [3.05, 3.63) is 75.4 Å². The Hall–Kier alpha value is -4.50. The first-order chi connectivity index (χ1) is 26.8. The summed E-state index contributed by atoms with van der Waals surface area (Å²) in [5.41, 5.74) is 13.0. The molecule has 10 rings (SSSR count). The molecule has 5 heterocycles. The van der Waals surface area contributed by atoms with Gasteiger partial charge in [-0.1, -0.05) is 26.5 Å². The summed E-state index contributed by atoms with van der Waals surface area (Å²) in [5.74, 6) is 1.94. The Morgan fingerprint density at radius 3 is 1.28 bits per heavy atom. The fraction of sp³-hybridized carbons (Fsp3) is 0.452. The maximum atomic E-state index is 11.6. The van der Waals surface area contributed by atoms with E-state index in [1.807, 2.05) is 0 Å². The first-order valence-electron chi connectivity index (χ1n) is 19.7. The van der Waals surface area contributed by atoms with Gasteiger partial charge in [0.05, 0.1) is 33.8 Å². The molecule has 306 valence electrons. The third kappa shape index (κ3) is 7.96. The van der Waals surface area contributed by atoms with E-state index < -0.39 is 16.0 Å². The second-order valence-corrected chi connectivity index (χ2v) is 16.7. The second-order valence-electron chi connectivity index (χ2n) is 14.9. The molecule has 4 aromatic rings. The predicted octanol–water partition coefficient (Wildman–Crippen LogP) is 7.06. The third-order valence-electron chi connectivity index (χ3n) is 11.5. The summed E-state index contributed by atoms with van der Waals surface area (Å²) in [4.78, 5) is 51.5. The molecule has 4 radical (unpaired) electrons. The second kappa shape index (κ2) is 17.8. The molecule has 3 aromatic heterocycles. The van der Waals surface area contributed by atoms with Crippen molar-refractivity contribution in [1.82, 2.24) is 44.6 Å². The summed E-state index contributed by atoms with van der Waals surface area (Å²) >= 11 is 0. The van der Waals surface area contributed by atoms with Gasteiger partial charge in [0, 0.05) is 39.0 Å². The number of hydrogen-bond donors (Lipinski definition) is 2. The summed E-state index contributed by atoms with van der Waals surface area (Å²) in [5, 5.41) is 8.80. The van der Waals surface area contributed by atoms with E-state index in [4.69, 9.17) is 45.0 Å². The van der Waals surface area contributed by atoms with E-state index in [0.29, 0.717) is 0 Å². The molecule has 0 saturated heterocycles. The number of sulfonamides is 1. The predicted molar refractivity (Wildman–Crippen MR) is 223 cm³/mol. The molecule has 0 amide bonds. The van der Waals surface area contributed by atoms with Crippen LogP contribution in [0.1, 0.15) is 149 Å². The van der Waals surface area contributed by atoms with Crippen molar-refractivity contribution in [2.45, 2.75) is 122 Å². The maximum absolute atomic E-state index is 11.6. The third-order valence-corrected chi connectivity index (χ3v) is 13.1. The molecule has 1 aromatic carbocycles. The van der Waals surface area contributed by atoms with Gasteiger partial charge in [-0.3, -0.25) is 0 Å². The number of aromatic nitrogens is 8. The van der Waals surface area contributed by atoms with E-state index in [2.05, 4.69) is 4.72 Å². The molecule has 2 aliphatic heterocycles. The number of nitrogens with zero attached hydrogens (tertiary/aromatic N) is 8. The standard InChI is InChI=1S/C32H32N8.C9H11NO4S.CH4.B.Cu.H2/c1-2-10-18-17(9-1)25-33-26(18)38-28-21-13-5-6-14-22(21)30(35-28)40-32-24-16-8-7-15-23(24)31(36-32)39-29-20-12-4-3-11-19(20)27(34-29)37-25;1-2-10-15(13,14)8-6-4-3-5-7(8)9(11)12;;;;/h1-16H2;3-6,10H,2H2,1H3,(H,11,12);1H4;;;1H/q-2;;;;+2;/i;;;;;1+1. The number of aromatic carboxylic acids is 1. The molecule has 0 fully saturated rings. The zero-order valence-corrected chi connectivity index (χ0v) is 33.6. The van der Waals surface area contributed by atoms with Crippen molar-refractivity contribution in [3.8, 4) is 0 Å². The molecule has 13 nitrogen and oxygen atoms in total. The molecule has 8 bridgehead atoms. The van der Waals surface area contributed by atoms with Crippen LogP contribution in [-0.4, -0.2) is 64.4 Å². The Morgan fingerprint density at radius 1 is 0.621 bits per heavy atom. The molecular weight excluding hydrogens is 801 g/mol. The number of hydrogen-bond acceptors (Lipinski definition) is 9. The molecule has 16 heteroatoms. The molecule has 4 aliphatic carbocycles. The quantitative estimate of drug-likeness (QED) is 0.199. The van der Waals surface area contributed by atoms with Gasteiger partial charge in [0.2, 0.25) is 10.0 Å². The minimum atomic E-state index is -3.72. The smallest absolute Gasteiger partial charge is 0.478 e. The Morgan fingerprint density at radius 2 is 0.948 bits per heavy atom. The first kappa shape index (κ1) is 43.1. The number of nitrogens with one attached hydrogen (secondary N) is 1. The molecule has 0 saturated carbocycles. The SMILES string of the molecule is C.C1CCC2=C(C1)c1nc2nc2[n-]c(nc3nc(nc4[n-]c(n1)c1c4CCCC1)C1=C3CCCC1)c1c2CCCC1.CCNS(=O)(=O)c1ccccc1C(=O)O.[2HH].[B].[Cu+2]. The monoisotopic (exact) mass is 850 g/mol.